The van der Waals surface area contributed by atoms with Crippen LogP contribution in [0.25, 0.3) is 0 Å². The number of methoxy groups -OCH3 is 2. The largest absolute Gasteiger partial charge is 0.497 e. The second-order valence-electron chi connectivity index (χ2n) is 7.18. The van der Waals surface area contributed by atoms with Gasteiger partial charge in [-0.3, -0.25) is 4.79 Å². The average molecular weight is 403 g/mol. The molecule has 0 saturated carbocycles. The summed E-state index contributed by atoms with van der Waals surface area (Å²) in [5.41, 5.74) is 2.88. The number of hydrogen-bond donors (Lipinski definition) is 0. The van der Waals surface area contributed by atoms with Crippen molar-refractivity contribution in [1.82, 2.24) is 4.90 Å². The van der Waals surface area contributed by atoms with Gasteiger partial charge in [-0.25, -0.2) is 0 Å². The molecule has 1 atom stereocenters. The van der Waals surface area contributed by atoms with E-state index in [4.69, 9.17) is 14.2 Å². The van der Waals surface area contributed by atoms with Crippen LogP contribution in [-0.2, 0) is 6.42 Å². The Morgan fingerprint density at radius 2 is 1.43 bits per heavy atom. The third kappa shape index (κ3) is 4.10. The normalized spacial score (nSPS) is 14.1. The summed E-state index contributed by atoms with van der Waals surface area (Å²) in [4.78, 5) is 15.2. The highest BCUT2D eigenvalue weighted by atomic mass is 16.5. The van der Waals surface area contributed by atoms with Gasteiger partial charge in [0.2, 0.25) is 0 Å². The monoisotopic (exact) mass is 403 g/mol. The molecule has 0 radical (unpaired) electrons. The molecule has 5 heteroatoms. The van der Waals surface area contributed by atoms with Gasteiger partial charge in [-0.15, -0.1) is 0 Å². The maximum absolute atomic E-state index is 13.3. The lowest BCUT2D eigenvalue weighted by atomic mass is 9.96. The maximum atomic E-state index is 13.3. The van der Waals surface area contributed by atoms with E-state index in [9.17, 15) is 4.79 Å². The predicted octanol–water partition coefficient (Wildman–Crippen LogP) is 4.52. The maximum Gasteiger partial charge on any atom is 0.254 e. The van der Waals surface area contributed by atoms with E-state index in [1.165, 1.54) is 0 Å². The molecular formula is C25H25NO4. The van der Waals surface area contributed by atoms with Gasteiger partial charge in [0.1, 0.15) is 23.9 Å². The van der Waals surface area contributed by atoms with Crippen LogP contribution in [-0.4, -0.2) is 38.2 Å². The van der Waals surface area contributed by atoms with Crippen molar-refractivity contribution in [3.8, 4) is 17.2 Å². The van der Waals surface area contributed by atoms with Crippen LogP contribution >= 0.6 is 0 Å². The second-order valence-corrected chi connectivity index (χ2v) is 7.18. The standard InChI is InChI=1S/C25H25NO4/c1-28-20-9-7-19(8-10-20)24(17-30-22-13-11-21(29-2)12-14-22)26-16-15-18-5-3-4-6-23(18)25(26)27/h3-14,24H,15-17H2,1-2H3. The molecule has 3 aromatic carbocycles. The van der Waals surface area contributed by atoms with Crippen molar-refractivity contribution in [3.63, 3.8) is 0 Å². The highest BCUT2D eigenvalue weighted by Crippen LogP contribution is 2.30. The summed E-state index contributed by atoms with van der Waals surface area (Å²) in [6.45, 7) is 1.01. The lowest BCUT2D eigenvalue weighted by Gasteiger charge is -2.35. The molecule has 30 heavy (non-hydrogen) atoms. The quantitative estimate of drug-likeness (QED) is 0.582. The molecule has 0 bridgehead atoms. The van der Waals surface area contributed by atoms with Gasteiger partial charge in [0, 0.05) is 12.1 Å². The fourth-order valence-electron chi connectivity index (χ4n) is 3.78. The fraction of sp³-hybridized carbons (Fsp3) is 0.240. The first kappa shape index (κ1) is 19.8. The molecule has 0 spiro atoms. The average Bonchev–Trinajstić information content (AvgIpc) is 2.81. The lowest BCUT2D eigenvalue weighted by Crippen LogP contribution is -2.42. The van der Waals surface area contributed by atoms with Crippen molar-refractivity contribution in [2.24, 2.45) is 0 Å². The zero-order chi connectivity index (χ0) is 20.9. The SMILES string of the molecule is COc1ccc(OCC(c2ccc(OC)cc2)N2CCc3ccccc3C2=O)cc1. The van der Waals surface area contributed by atoms with E-state index in [0.29, 0.717) is 13.2 Å². The van der Waals surface area contributed by atoms with Crippen LogP contribution < -0.4 is 14.2 Å². The van der Waals surface area contributed by atoms with Crippen LogP contribution in [0.3, 0.4) is 0 Å². The first-order chi connectivity index (χ1) is 14.7. The molecule has 0 aliphatic carbocycles. The van der Waals surface area contributed by atoms with Gasteiger partial charge in [0.25, 0.3) is 5.91 Å². The number of amides is 1. The summed E-state index contributed by atoms with van der Waals surface area (Å²) in [5, 5.41) is 0. The summed E-state index contributed by atoms with van der Waals surface area (Å²) in [7, 11) is 3.28. The summed E-state index contributed by atoms with van der Waals surface area (Å²) >= 11 is 0. The van der Waals surface area contributed by atoms with E-state index in [0.717, 1.165) is 40.4 Å². The van der Waals surface area contributed by atoms with Crippen molar-refractivity contribution in [3.05, 3.63) is 89.5 Å². The highest BCUT2D eigenvalue weighted by molar-refractivity contribution is 5.97. The predicted molar refractivity (Wildman–Crippen MR) is 115 cm³/mol. The van der Waals surface area contributed by atoms with E-state index >= 15 is 0 Å². The smallest absolute Gasteiger partial charge is 0.254 e. The van der Waals surface area contributed by atoms with Crippen LogP contribution in [0.5, 0.6) is 17.2 Å². The van der Waals surface area contributed by atoms with Gasteiger partial charge in [0.15, 0.2) is 0 Å². The van der Waals surface area contributed by atoms with Crippen molar-refractivity contribution in [2.75, 3.05) is 27.4 Å². The fourth-order valence-corrected chi connectivity index (χ4v) is 3.78. The number of ether oxygens (including phenoxy) is 3. The van der Waals surface area contributed by atoms with Crippen LogP contribution in [0.2, 0.25) is 0 Å². The van der Waals surface area contributed by atoms with Crippen molar-refractivity contribution in [1.29, 1.82) is 0 Å². The van der Waals surface area contributed by atoms with E-state index in [-0.39, 0.29) is 11.9 Å². The van der Waals surface area contributed by atoms with E-state index in [1.807, 2.05) is 77.7 Å². The topological polar surface area (TPSA) is 48.0 Å². The summed E-state index contributed by atoms with van der Waals surface area (Å²) < 4.78 is 16.6. The van der Waals surface area contributed by atoms with Crippen molar-refractivity contribution < 1.29 is 19.0 Å². The third-order valence-electron chi connectivity index (χ3n) is 5.47. The Balaban J connectivity index is 1.60. The molecule has 0 saturated heterocycles. The van der Waals surface area contributed by atoms with Crippen LogP contribution in [0.1, 0.15) is 27.5 Å². The molecule has 3 aromatic rings. The van der Waals surface area contributed by atoms with Gasteiger partial charge in [-0.1, -0.05) is 30.3 Å². The Bertz CT molecular complexity index is 998. The first-order valence-corrected chi connectivity index (χ1v) is 9.99. The zero-order valence-electron chi connectivity index (χ0n) is 17.2. The molecule has 5 nitrogen and oxygen atoms in total. The molecule has 1 aliphatic heterocycles. The van der Waals surface area contributed by atoms with Crippen LogP contribution in [0.4, 0.5) is 0 Å². The Morgan fingerprint density at radius 1 is 0.833 bits per heavy atom. The number of rotatable bonds is 7. The number of hydrogen-bond acceptors (Lipinski definition) is 4. The third-order valence-corrected chi connectivity index (χ3v) is 5.47. The first-order valence-electron chi connectivity index (χ1n) is 9.99. The minimum Gasteiger partial charge on any atom is -0.497 e. The minimum atomic E-state index is -0.209. The van der Waals surface area contributed by atoms with E-state index in [1.54, 1.807) is 14.2 Å². The summed E-state index contributed by atoms with van der Waals surface area (Å²) in [6.07, 6.45) is 0.830. The van der Waals surface area contributed by atoms with Crippen LogP contribution in [0.15, 0.2) is 72.8 Å². The van der Waals surface area contributed by atoms with E-state index < -0.39 is 0 Å². The minimum absolute atomic E-state index is 0.0380. The molecule has 1 amide bonds. The van der Waals surface area contributed by atoms with E-state index in [2.05, 4.69) is 0 Å². The van der Waals surface area contributed by atoms with Gasteiger partial charge in [-0.05, 0) is 60.0 Å². The number of benzene rings is 3. The van der Waals surface area contributed by atoms with Gasteiger partial charge < -0.3 is 19.1 Å². The van der Waals surface area contributed by atoms with Crippen LogP contribution in [0, 0.1) is 0 Å². The van der Waals surface area contributed by atoms with Gasteiger partial charge in [0.05, 0.1) is 20.3 Å². The zero-order valence-corrected chi connectivity index (χ0v) is 17.2. The number of carbonyl (C=O) groups is 1. The molecule has 154 valence electrons. The molecule has 1 heterocycles. The Labute approximate surface area is 176 Å². The van der Waals surface area contributed by atoms with Crippen molar-refractivity contribution >= 4 is 5.91 Å². The second kappa shape index (κ2) is 8.91. The Morgan fingerprint density at radius 3 is 2.10 bits per heavy atom. The Kier molecular flexibility index (Phi) is 5.89. The number of fused-ring (bicyclic) bond motifs is 1. The number of carbonyl (C=O) groups excluding carboxylic acids is 1. The highest BCUT2D eigenvalue weighted by Gasteiger charge is 2.31. The van der Waals surface area contributed by atoms with Crippen molar-refractivity contribution in [2.45, 2.75) is 12.5 Å². The molecular weight excluding hydrogens is 378 g/mol. The molecule has 0 aromatic heterocycles. The molecule has 4 rings (SSSR count). The summed E-state index contributed by atoms with van der Waals surface area (Å²) in [5.74, 6) is 2.33. The van der Waals surface area contributed by atoms with Gasteiger partial charge in [-0.2, -0.15) is 0 Å². The lowest BCUT2D eigenvalue weighted by molar-refractivity contribution is 0.0590. The Hall–Kier alpha value is -3.47. The molecule has 1 aliphatic rings. The molecule has 0 N–H and O–H groups in total. The number of nitrogens with zero attached hydrogens (tertiary/aromatic N) is 1. The van der Waals surface area contributed by atoms with Gasteiger partial charge >= 0.3 is 0 Å². The molecule has 0 fully saturated rings. The summed E-state index contributed by atoms with van der Waals surface area (Å²) in [6, 6.07) is 22.9. The molecule has 1 unspecified atom stereocenters.